The number of nitrogens with zero attached hydrogens (tertiary/aromatic N) is 3. The second kappa shape index (κ2) is 5.47. The van der Waals surface area contributed by atoms with Gasteiger partial charge in [-0.3, -0.25) is 4.68 Å². The highest BCUT2D eigenvalue weighted by Crippen LogP contribution is 2.31. The molecular formula is C18H18F2N4. The largest absolute Gasteiger partial charge is 0.358 e. The number of anilines is 1. The van der Waals surface area contributed by atoms with Crippen LogP contribution >= 0.6 is 0 Å². The highest BCUT2D eigenvalue weighted by molar-refractivity contribution is 5.64. The van der Waals surface area contributed by atoms with Crippen LogP contribution in [0.4, 0.5) is 14.6 Å². The summed E-state index contributed by atoms with van der Waals surface area (Å²) in [5.74, 6) is -0.0432. The molecule has 1 aromatic carbocycles. The van der Waals surface area contributed by atoms with Gasteiger partial charge in [0.05, 0.1) is 17.0 Å². The van der Waals surface area contributed by atoms with E-state index < -0.39 is 11.6 Å². The summed E-state index contributed by atoms with van der Waals surface area (Å²) < 4.78 is 29.9. The lowest BCUT2D eigenvalue weighted by Crippen LogP contribution is -2.31. The zero-order chi connectivity index (χ0) is 16.8. The van der Waals surface area contributed by atoms with E-state index in [-0.39, 0.29) is 5.56 Å². The van der Waals surface area contributed by atoms with Crippen LogP contribution in [0.1, 0.15) is 17.0 Å². The summed E-state index contributed by atoms with van der Waals surface area (Å²) in [6.45, 7) is 3.50. The standard InChI is InChI=1S/C18H18F2N4/c1-11-8-17(23(2)22-11)24-7-6-15-12(10-24)9-16(21-15)18-13(19)4-3-5-14(18)20/h3-5,8-9,21H,6-7,10H2,1-2H3. The molecule has 3 heterocycles. The molecule has 0 aliphatic carbocycles. The van der Waals surface area contributed by atoms with E-state index in [4.69, 9.17) is 0 Å². The summed E-state index contributed by atoms with van der Waals surface area (Å²) in [6, 6.07) is 7.84. The Morgan fingerprint density at radius 1 is 1.17 bits per heavy atom. The smallest absolute Gasteiger partial charge is 0.135 e. The molecule has 2 aromatic heterocycles. The van der Waals surface area contributed by atoms with E-state index in [9.17, 15) is 8.78 Å². The first-order valence-corrected chi connectivity index (χ1v) is 7.93. The highest BCUT2D eigenvalue weighted by Gasteiger charge is 2.23. The monoisotopic (exact) mass is 328 g/mol. The van der Waals surface area contributed by atoms with Gasteiger partial charge in [0.25, 0.3) is 0 Å². The minimum atomic E-state index is -0.548. The second-order valence-corrected chi connectivity index (χ2v) is 6.22. The van der Waals surface area contributed by atoms with E-state index in [1.807, 2.05) is 24.7 Å². The third-order valence-electron chi connectivity index (χ3n) is 4.52. The molecule has 0 fully saturated rings. The van der Waals surface area contributed by atoms with E-state index in [1.54, 1.807) is 0 Å². The molecule has 0 bridgehead atoms. The fourth-order valence-corrected chi connectivity index (χ4v) is 3.41. The van der Waals surface area contributed by atoms with Gasteiger partial charge < -0.3 is 9.88 Å². The molecule has 1 aliphatic rings. The summed E-state index contributed by atoms with van der Waals surface area (Å²) in [4.78, 5) is 5.43. The van der Waals surface area contributed by atoms with Crippen molar-refractivity contribution in [3.63, 3.8) is 0 Å². The van der Waals surface area contributed by atoms with E-state index in [2.05, 4.69) is 21.0 Å². The van der Waals surface area contributed by atoms with Crippen molar-refractivity contribution < 1.29 is 8.78 Å². The first kappa shape index (κ1) is 14.9. The van der Waals surface area contributed by atoms with Gasteiger partial charge >= 0.3 is 0 Å². The molecule has 1 N–H and O–H groups in total. The Labute approximate surface area is 138 Å². The Morgan fingerprint density at radius 3 is 2.58 bits per heavy atom. The number of benzene rings is 1. The lowest BCUT2D eigenvalue weighted by atomic mass is 10.1. The minimum Gasteiger partial charge on any atom is -0.358 e. The van der Waals surface area contributed by atoms with Gasteiger partial charge in [-0.1, -0.05) is 6.07 Å². The van der Waals surface area contributed by atoms with Crippen molar-refractivity contribution in [2.75, 3.05) is 11.4 Å². The average Bonchev–Trinajstić information content (AvgIpc) is 3.09. The summed E-state index contributed by atoms with van der Waals surface area (Å²) in [7, 11) is 1.93. The highest BCUT2D eigenvalue weighted by atomic mass is 19.1. The van der Waals surface area contributed by atoms with E-state index in [0.29, 0.717) is 12.2 Å². The Balaban J connectivity index is 1.69. The first-order chi connectivity index (χ1) is 11.5. The van der Waals surface area contributed by atoms with Crippen LogP contribution in [0.2, 0.25) is 0 Å². The molecule has 0 spiro atoms. The van der Waals surface area contributed by atoms with Gasteiger partial charge in [-0.15, -0.1) is 0 Å². The molecule has 0 amide bonds. The molecule has 24 heavy (non-hydrogen) atoms. The average molecular weight is 328 g/mol. The van der Waals surface area contributed by atoms with Crippen molar-refractivity contribution in [3.8, 4) is 11.3 Å². The number of halogens is 2. The van der Waals surface area contributed by atoms with Crippen molar-refractivity contribution >= 4 is 5.82 Å². The van der Waals surface area contributed by atoms with Crippen LogP contribution < -0.4 is 4.90 Å². The Hall–Kier alpha value is -2.63. The summed E-state index contributed by atoms with van der Waals surface area (Å²) >= 11 is 0. The van der Waals surface area contributed by atoms with Crippen molar-refractivity contribution in [3.05, 3.63) is 58.9 Å². The molecule has 3 aromatic rings. The zero-order valence-corrected chi connectivity index (χ0v) is 13.6. The molecule has 1 aliphatic heterocycles. The van der Waals surface area contributed by atoms with Gasteiger partial charge in [0, 0.05) is 38.3 Å². The molecule has 4 nitrogen and oxygen atoms in total. The predicted octanol–water partition coefficient (Wildman–Crippen LogP) is 3.56. The molecule has 0 saturated heterocycles. The number of nitrogens with one attached hydrogen (secondary N) is 1. The van der Waals surface area contributed by atoms with Crippen LogP contribution in [-0.4, -0.2) is 21.3 Å². The quantitative estimate of drug-likeness (QED) is 0.781. The fourth-order valence-electron chi connectivity index (χ4n) is 3.41. The number of aryl methyl sites for hydroxylation is 2. The third-order valence-corrected chi connectivity index (χ3v) is 4.52. The van der Waals surface area contributed by atoms with E-state index >= 15 is 0 Å². The summed E-state index contributed by atoms with van der Waals surface area (Å²) in [6.07, 6.45) is 0.801. The first-order valence-electron chi connectivity index (χ1n) is 7.93. The number of H-pyrrole nitrogens is 1. The SMILES string of the molecule is Cc1cc(N2CCc3[nH]c(-c4c(F)cccc4F)cc3C2)n(C)n1. The maximum Gasteiger partial charge on any atom is 0.135 e. The molecular weight excluding hydrogens is 310 g/mol. The molecule has 0 atom stereocenters. The van der Waals surface area contributed by atoms with Crippen LogP contribution in [-0.2, 0) is 20.0 Å². The minimum absolute atomic E-state index is 0.00910. The lowest BCUT2D eigenvalue weighted by molar-refractivity contribution is 0.589. The van der Waals surface area contributed by atoms with Gasteiger partial charge in [0.1, 0.15) is 17.5 Å². The molecule has 0 saturated carbocycles. The molecule has 6 heteroatoms. The zero-order valence-electron chi connectivity index (χ0n) is 13.6. The maximum absolute atomic E-state index is 14.0. The number of aromatic nitrogens is 3. The van der Waals surface area contributed by atoms with Gasteiger partial charge in [0.2, 0.25) is 0 Å². The topological polar surface area (TPSA) is 36.9 Å². The van der Waals surface area contributed by atoms with Gasteiger partial charge in [0.15, 0.2) is 0 Å². The van der Waals surface area contributed by atoms with Crippen molar-refractivity contribution in [2.45, 2.75) is 19.9 Å². The van der Waals surface area contributed by atoms with Crippen LogP contribution in [0.25, 0.3) is 11.3 Å². The van der Waals surface area contributed by atoms with Crippen LogP contribution in [0.3, 0.4) is 0 Å². The van der Waals surface area contributed by atoms with Crippen LogP contribution in [0.15, 0.2) is 30.3 Å². The number of rotatable bonds is 2. The number of hydrogen-bond acceptors (Lipinski definition) is 2. The second-order valence-electron chi connectivity index (χ2n) is 6.22. The molecule has 0 unspecified atom stereocenters. The molecule has 4 rings (SSSR count). The van der Waals surface area contributed by atoms with Gasteiger partial charge in [-0.2, -0.15) is 5.10 Å². The summed E-state index contributed by atoms with van der Waals surface area (Å²) in [5.41, 5.74) is 3.59. The van der Waals surface area contributed by atoms with Gasteiger partial charge in [-0.05, 0) is 30.7 Å². The van der Waals surface area contributed by atoms with Gasteiger partial charge in [-0.25, -0.2) is 8.78 Å². The Bertz CT molecular complexity index is 890. The maximum atomic E-state index is 14.0. The molecule has 0 radical (unpaired) electrons. The molecule has 124 valence electrons. The normalized spacial score (nSPS) is 14.1. The van der Waals surface area contributed by atoms with Crippen LogP contribution in [0.5, 0.6) is 0 Å². The van der Waals surface area contributed by atoms with E-state index in [0.717, 1.165) is 35.7 Å². The van der Waals surface area contributed by atoms with Crippen molar-refractivity contribution in [1.82, 2.24) is 14.8 Å². The predicted molar refractivity (Wildman–Crippen MR) is 88.8 cm³/mol. The number of fused-ring (bicyclic) bond motifs is 1. The van der Waals surface area contributed by atoms with Crippen molar-refractivity contribution in [1.29, 1.82) is 0 Å². The number of aromatic amines is 1. The van der Waals surface area contributed by atoms with Crippen molar-refractivity contribution in [2.24, 2.45) is 7.05 Å². The van der Waals surface area contributed by atoms with E-state index in [1.165, 1.54) is 18.2 Å². The lowest BCUT2D eigenvalue weighted by Gasteiger charge is -2.28. The Morgan fingerprint density at radius 2 is 1.92 bits per heavy atom. The summed E-state index contributed by atoms with van der Waals surface area (Å²) in [5, 5.41) is 4.39. The fraction of sp³-hybridized carbons (Fsp3) is 0.278. The Kier molecular flexibility index (Phi) is 3.40. The number of hydrogen-bond donors (Lipinski definition) is 1. The van der Waals surface area contributed by atoms with Crippen LogP contribution in [0, 0.1) is 18.6 Å². The third kappa shape index (κ3) is 2.38.